The number of benzene rings is 2. The Morgan fingerprint density at radius 3 is 2.55 bits per heavy atom. The number of aromatic nitrogens is 2. The Balaban J connectivity index is 1.42. The summed E-state index contributed by atoms with van der Waals surface area (Å²) >= 11 is 5.80. The van der Waals surface area contributed by atoms with Gasteiger partial charge in [-0.3, -0.25) is 19.0 Å². The molecule has 0 unspecified atom stereocenters. The van der Waals surface area contributed by atoms with Crippen LogP contribution in [0.5, 0.6) is 0 Å². The Labute approximate surface area is 172 Å². The van der Waals surface area contributed by atoms with E-state index in [0.29, 0.717) is 27.3 Å². The number of nitrogens with zero attached hydrogens (tertiary/aromatic N) is 2. The number of hydrogen-bond donors (Lipinski definition) is 0. The fourth-order valence-corrected chi connectivity index (χ4v) is 3.35. The minimum absolute atomic E-state index is 0.0470. The van der Waals surface area contributed by atoms with Gasteiger partial charge in [-0.05, 0) is 49.2 Å². The predicted octanol–water partition coefficient (Wildman–Crippen LogP) is 3.74. The van der Waals surface area contributed by atoms with Crippen LogP contribution in [-0.4, -0.2) is 27.9 Å². The highest BCUT2D eigenvalue weighted by molar-refractivity contribution is 6.30. The number of carbonyl (C=O) groups excluding carboxylic acids is 2. The van der Waals surface area contributed by atoms with Crippen LogP contribution in [0.3, 0.4) is 0 Å². The Hall–Kier alpha value is -2.99. The van der Waals surface area contributed by atoms with Crippen molar-refractivity contribution in [1.29, 1.82) is 0 Å². The third-order valence-corrected chi connectivity index (χ3v) is 5.13. The van der Waals surface area contributed by atoms with Crippen molar-refractivity contribution in [3.63, 3.8) is 0 Å². The van der Waals surface area contributed by atoms with Gasteiger partial charge in [0.15, 0.2) is 12.4 Å². The third-order valence-electron chi connectivity index (χ3n) is 4.88. The van der Waals surface area contributed by atoms with Crippen molar-refractivity contribution in [2.45, 2.75) is 31.7 Å². The zero-order valence-corrected chi connectivity index (χ0v) is 16.4. The van der Waals surface area contributed by atoms with Crippen LogP contribution in [0.25, 0.3) is 10.9 Å². The molecule has 1 heterocycles. The largest absolute Gasteiger partial charge is 0.457 e. The van der Waals surface area contributed by atoms with Gasteiger partial charge in [-0.2, -0.15) is 0 Å². The fraction of sp³-hybridized carbons (Fsp3) is 0.273. The van der Waals surface area contributed by atoms with Gasteiger partial charge in [0.2, 0.25) is 0 Å². The maximum atomic E-state index is 12.8. The molecular formula is C22H19ClN2O4. The molecule has 6 nitrogen and oxygen atoms in total. The van der Waals surface area contributed by atoms with Crippen molar-refractivity contribution in [2.75, 3.05) is 6.61 Å². The van der Waals surface area contributed by atoms with E-state index in [1.165, 1.54) is 0 Å². The molecule has 1 saturated carbocycles. The lowest BCUT2D eigenvalue weighted by molar-refractivity contribution is -0.142. The molecule has 2 aromatic carbocycles. The lowest BCUT2D eigenvalue weighted by Gasteiger charge is -2.12. The van der Waals surface area contributed by atoms with E-state index in [9.17, 15) is 14.4 Å². The van der Waals surface area contributed by atoms with Gasteiger partial charge in [0, 0.05) is 23.0 Å². The molecule has 0 amide bonds. The molecule has 0 aliphatic heterocycles. The predicted molar refractivity (Wildman–Crippen MR) is 109 cm³/mol. The number of Topliss-reactive ketones (excluding diaryl/α,β-unsaturated/α-hetero) is 1. The number of hydrogen-bond acceptors (Lipinski definition) is 5. The second-order valence-corrected chi connectivity index (χ2v) is 7.48. The lowest BCUT2D eigenvalue weighted by atomic mass is 10.1. The van der Waals surface area contributed by atoms with E-state index in [-0.39, 0.29) is 36.8 Å². The first-order valence-corrected chi connectivity index (χ1v) is 9.85. The topological polar surface area (TPSA) is 78.3 Å². The normalized spacial score (nSPS) is 13.4. The van der Waals surface area contributed by atoms with Crippen LogP contribution in [0.1, 0.15) is 41.5 Å². The van der Waals surface area contributed by atoms with Gasteiger partial charge in [-0.25, -0.2) is 4.98 Å². The molecule has 7 heteroatoms. The van der Waals surface area contributed by atoms with Crippen LogP contribution in [0, 0.1) is 0 Å². The molecular weight excluding hydrogens is 392 g/mol. The smallest absolute Gasteiger partial charge is 0.306 e. The van der Waals surface area contributed by atoms with Crippen LogP contribution in [0.2, 0.25) is 5.02 Å². The molecule has 1 aliphatic rings. The van der Waals surface area contributed by atoms with Gasteiger partial charge < -0.3 is 4.74 Å². The summed E-state index contributed by atoms with van der Waals surface area (Å²) in [5.74, 6) is -0.219. The number of halogens is 1. The maximum absolute atomic E-state index is 12.8. The van der Waals surface area contributed by atoms with E-state index >= 15 is 0 Å². The Bertz CT molecular complexity index is 1130. The van der Waals surface area contributed by atoms with Gasteiger partial charge in [0.25, 0.3) is 5.56 Å². The highest BCUT2D eigenvalue weighted by Gasteiger charge is 2.28. The average Bonchev–Trinajstić information content (AvgIpc) is 3.56. The fourth-order valence-electron chi connectivity index (χ4n) is 3.23. The van der Waals surface area contributed by atoms with E-state index in [2.05, 4.69) is 4.98 Å². The van der Waals surface area contributed by atoms with Crippen LogP contribution in [0.15, 0.2) is 53.3 Å². The monoisotopic (exact) mass is 410 g/mol. The summed E-state index contributed by atoms with van der Waals surface area (Å²) in [4.78, 5) is 41.7. The minimum Gasteiger partial charge on any atom is -0.457 e. The summed E-state index contributed by atoms with van der Waals surface area (Å²) in [6.07, 6.45) is 2.20. The van der Waals surface area contributed by atoms with Gasteiger partial charge in [-0.1, -0.05) is 23.7 Å². The van der Waals surface area contributed by atoms with E-state index in [1.807, 2.05) is 12.1 Å². The highest BCUT2D eigenvalue weighted by Crippen LogP contribution is 2.34. The molecule has 0 spiro atoms. The summed E-state index contributed by atoms with van der Waals surface area (Å²) in [6, 6.07) is 13.8. The number of carbonyl (C=O) groups is 2. The number of esters is 1. The average molecular weight is 411 g/mol. The van der Waals surface area contributed by atoms with Crippen molar-refractivity contribution < 1.29 is 14.3 Å². The van der Waals surface area contributed by atoms with E-state index in [1.54, 1.807) is 41.0 Å². The summed E-state index contributed by atoms with van der Waals surface area (Å²) < 4.78 is 6.81. The summed E-state index contributed by atoms with van der Waals surface area (Å²) in [5, 5.41) is 1.11. The number of para-hydroxylation sites is 1. The number of fused-ring (bicyclic) bond motifs is 1. The van der Waals surface area contributed by atoms with Crippen molar-refractivity contribution in [2.24, 2.45) is 0 Å². The zero-order chi connectivity index (χ0) is 20.4. The van der Waals surface area contributed by atoms with Crippen molar-refractivity contribution in [1.82, 2.24) is 9.55 Å². The van der Waals surface area contributed by atoms with E-state index in [4.69, 9.17) is 16.3 Å². The molecule has 29 heavy (non-hydrogen) atoms. The summed E-state index contributed by atoms with van der Waals surface area (Å²) in [6.45, 7) is -0.332. The molecule has 0 atom stereocenters. The lowest BCUT2D eigenvalue weighted by Crippen LogP contribution is -2.25. The molecule has 1 aromatic heterocycles. The molecule has 148 valence electrons. The maximum Gasteiger partial charge on any atom is 0.306 e. The summed E-state index contributed by atoms with van der Waals surface area (Å²) in [5.41, 5.74) is 0.982. The second-order valence-electron chi connectivity index (χ2n) is 7.04. The first-order valence-electron chi connectivity index (χ1n) is 9.47. The van der Waals surface area contributed by atoms with Crippen LogP contribution in [0.4, 0.5) is 0 Å². The Kier molecular flexibility index (Phi) is 5.45. The standard InChI is InChI=1S/C22H19ClN2O4/c23-15-7-5-14(6-8-15)19(26)13-29-21(27)12-11-20-24-18-4-2-1-3-17(18)22(28)25(20)16-9-10-16/h1-8,16H,9-13H2. The highest BCUT2D eigenvalue weighted by atomic mass is 35.5. The van der Waals surface area contributed by atoms with Gasteiger partial charge >= 0.3 is 5.97 Å². The first kappa shape index (κ1) is 19.3. The molecule has 0 saturated heterocycles. The zero-order valence-electron chi connectivity index (χ0n) is 15.6. The molecule has 0 bridgehead atoms. The van der Waals surface area contributed by atoms with Crippen LogP contribution >= 0.6 is 11.6 Å². The Morgan fingerprint density at radius 2 is 1.83 bits per heavy atom. The molecule has 1 aliphatic carbocycles. The van der Waals surface area contributed by atoms with Crippen molar-refractivity contribution in [3.8, 4) is 0 Å². The number of rotatable bonds is 7. The molecule has 0 N–H and O–H groups in total. The van der Waals surface area contributed by atoms with E-state index < -0.39 is 5.97 Å². The molecule has 4 rings (SSSR count). The van der Waals surface area contributed by atoms with Gasteiger partial charge in [0.05, 0.1) is 17.3 Å². The van der Waals surface area contributed by atoms with Gasteiger partial charge in [-0.15, -0.1) is 0 Å². The quantitative estimate of drug-likeness (QED) is 0.438. The molecule has 1 fully saturated rings. The number of ketones is 1. The molecule has 0 radical (unpaired) electrons. The van der Waals surface area contributed by atoms with Crippen molar-refractivity contribution in [3.05, 3.63) is 75.3 Å². The number of ether oxygens (including phenoxy) is 1. The van der Waals surface area contributed by atoms with Crippen molar-refractivity contribution >= 4 is 34.3 Å². The second kappa shape index (κ2) is 8.17. The van der Waals surface area contributed by atoms with Gasteiger partial charge in [0.1, 0.15) is 5.82 Å². The van der Waals surface area contributed by atoms with Crippen LogP contribution < -0.4 is 5.56 Å². The molecule has 3 aromatic rings. The third kappa shape index (κ3) is 4.38. The Morgan fingerprint density at radius 1 is 1.10 bits per heavy atom. The number of aryl methyl sites for hydroxylation is 1. The van der Waals surface area contributed by atoms with E-state index in [0.717, 1.165) is 12.8 Å². The minimum atomic E-state index is -0.503. The van der Waals surface area contributed by atoms with Crippen LogP contribution in [-0.2, 0) is 16.0 Å². The summed E-state index contributed by atoms with van der Waals surface area (Å²) in [7, 11) is 0. The first-order chi connectivity index (χ1) is 14.0. The SMILES string of the molecule is O=C(CCc1nc2ccccc2c(=O)n1C1CC1)OCC(=O)c1ccc(Cl)cc1.